The van der Waals surface area contributed by atoms with Gasteiger partial charge in [-0.2, -0.15) is 0 Å². The minimum Gasteiger partial charge on any atom is -0.481 e. The van der Waals surface area contributed by atoms with E-state index in [-0.39, 0.29) is 50.7 Å². The quantitative estimate of drug-likeness (QED) is 0.0251. The van der Waals surface area contributed by atoms with Crippen LogP contribution in [0.3, 0.4) is 0 Å². The molecular formula is C34H56N10O10. The Balaban J connectivity index is 3.29. The van der Waals surface area contributed by atoms with Crippen LogP contribution in [0.15, 0.2) is 35.3 Å². The highest BCUT2D eigenvalue weighted by Gasteiger charge is 2.33. The van der Waals surface area contributed by atoms with E-state index in [4.69, 9.17) is 22.9 Å². The van der Waals surface area contributed by atoms with E-state index in [9.17, 15) is 48.9 Å². The fraction of sp³-hybridized carbons (Fsp3) is 0.588. The summed E-state index contributed by atoms with van der Waals surface area (Å²) in [7, 11) is 0. The number of aliphatic imine (C=N–C) groups is 1. The molecule has 20 nitrogen and oxygen atoms in total. The second-order valence-corrected chi connectivity index (χ2v) is 12.8. The lowest BCUT2D eigenvalue weighted by atomic mass is 9.99. The van der Waals surface area contributed by atoms with E-state index in [1.165, 1.54) is 0 Å². The lowest BCUT2D eigenvalue weighted by Crippen LogP contribution is -2.60. The predicted molar refractivity (Wildman–Crippen MR) is 197 cm³/mol. The van der Waals surface area contributed by atoms with Gasteiger partial charge in [-0.3, -0.25) is 33.8 Å². The first-order valence-corrected chi connectivity index (χ1v) is 17.7. The number of rotatable bonds is 26. The fourth-order valence-corrected chi connectivity index (χ4v) is 5.03. The number of unbranched alkanes of at least 4 members (excludes halogenated alkanes) is 1. The van der Waals surface area contributed by atoms with Crippen LogP contribution >= 0.6 is 0 Å². The Hall–Kier alpha value is -5.34. The van der Waals surface area contributed by atoms with E-state index in [0.717, 1.165) is 0 Å². The molecule has 1 rings (SSSR count). The Morgan fingerprint density at radius 2 is 1.24 bits per heavy atom. The van der Waals surface area contributed by atoms with Crippen molar-refractivity contribution in [2.75, 3.05) is 19.7 Å². The van der Waals surface area contributed by atoms with Crippen molar-refractivity contribution >= 4 is 47.4 Å². The third kappa shape index (κ3) is 17.5. The van der Waals surface area contributed by atoms with Gasteiger partial charge >= 0.3 is 11.9 Å². The van der Waals surface area contributed by atoms with Crippen molar-refractivity contribution in [3.63, 3.8) is 0 Å². The predicted octanol–water partition coefficient (Wildman–Crippen LogP) is -3.24. The van der Waals surface area contributed by atoms with E-state index in [1.807, 2.05) is 6.92 Å². The number of nitrogens with two attached hydrogens (primary N) is 4. The number of benzene rings is 1. The summed E-state index contributed by atoms with van der Waals surface area (Å²) in [4.78, 5) is 93.8. The van der Waals surface area contributed by atoms with Crippen LogP contribution in [0.2, 0.25) is 0 Å². The summed E-state index contributed by atoms with van der Waals surface area (Å²) < 4.78 is 0. The molecule has 0 spiro atoms. The van der Waals surface area contributed by atoms with Gasteiger partial charge in [0.25, 0.3) is 0 Å². The number of nitrogens with one attached hydrogen (secondary N) is 5. The molecule has 0 fully saturated rings. The van der Waals surface area contributed by atoms with Crippen molar-refractivity contribution in [2.24, 2.45) is 33.8 Å². The Labute approximate surface area is 313 Å². The van der Waals surface area contributed by atoms with Crippen molar-refractivity contribution in [1.29, 1.82) is 0 Å². The molecule has 302 valence electrons. The first kappa shape index (κ1) is 46.7. The summed E-state index contributed by atoms with van der Waals surface area (Å²) in [6.45, 7) is 2.95. The van der Waals surface area contributed by atoms with Crippen molar-refractivity contribution in [2.45, 2.75) is 101 Å². The SMILES string of the molecule is CC[C@H](C)[C@H](N)C(=O)N[C@@H](CC(=O)O)C(=O)N[C@@H](CCCCN)C(=O)N[C@@H](Cc1ccccc1)C(=O)N[C@@H](CO)C(=O)N[C@@H](CCCN=C(N)N)C(=O)O. The van der Waals surface area contributed by atoms with Crippen molar-refractivity contribution in [3.05, 3.63) is 35.9 Å². The number of aliphatic hydroxyl groups excluding tert-OH is 1. The molecule has 1 aromatic carbocycles. The largest absolute Gasteiger partial charge is 0.481 e. The van der Waals surface area contributed by atoms with Crippen molar-refractivity contribution in [1.82, 2.24) is 26.6 Å². The standard InChI is InChI=1S/C34H56N10O10/c1-3-19(2)27(36)32(52)43-24(17-26(46)47)30(50)40-21(12-7-8-14-35)28(48)42-23(16-20-10-5-4-6-11-20)29(49)44-25(18-45)31(51)41-22(33(53)54)13-9-15-39-34(37)38/h4-6,10-11,19,21-25,27,45H,3,7-9,12-18,35-36H2,1-2H3,(H,40,50)(H,41,51)(H,42,48)(H,43,52)(H,44,49)(H,46,47)(H,53,54)(H4,37,38,39)/t19-,21-,22-,23-,24-,25-,27-/m0/s1. The number of hydrogen-bond donors (Lipinski definition) is 12. The zero-order valence-corrected chi connectivity index (χ0v) is 30.7. The third-order valence-electron chi connectivity index (χ3n) is 8.44. The van der Waals surface area contributed by atoms with Crippen LogP contribution in [0.25, 0.3) is 0 Å². The molecule has 54 heavy (non-hydrogen) atoms. The van der Waals surface area contributed by atoms with Crippen LogP contribution in [0, 0.1) is 5.92 Å². The van der Waals surface area contributed by atoms with Crippen LogP contribution < -0.4 is 49.5 Å². The number of carbonyl (C=O) groups excluding carboxylic acids is 5. The highest BCUT2D eigenvalue weighted by molar-refractivity contribution is 5.97. The number of aliphatic carboxylic acids is 2. The lowest BCUT2D eigenvalue weighted by Gasteiger charge is -2.27. The number of nitrogens with zero attached hydrogens (tertiary/aromatic N) is 1. The van der Waals surface area contributed by atoms with E-state index in [2.05, 4.69) is 31.6 Å². The summed E-state index contributed by atoms with van der Waals surface area (Å²) in [6.07, 6.45) is 0.522. The van der Waals surface area contributed by atoms with Gasteiger partial charge in [0.05, 0.1) is 19.1 Å². The number of aliphatic hydroxyl groups is 1. The van der Waals surface area contributed by atoms with Crippen LogP contribution in [0.5, 0.6) is 0 Å². The molecule has 0 unspecified atom stereocenters. The Kier molecular flexibility index (Phi) is 21.5. The van der Waals surface area contributed by atoms with Gasteiger partial charge in [-0.15, -0.1) is 0 Å². The molecule has 0 saturated heterocycles. The number of hydrogen-bond acceptors (Lipinski definition) is 11. The van der Waals surface area contributed by atoms with Crippen LogP contribution in [-0.2, 0) is 40.0 Å². The Morgan fingerprint density at radius 3 is 1.80 bits per heavy atom. The number of guanidine groups is 1. The minimum absolute atomic E-state index is 0.00992. The van der Waals surface area contributed by atoms with E-state index >= 15 is 0 Å². The van der Waals surface area contributed by atoms with Crippen molar-refractivity contribution < 1.29 is 48.9 Å². The van der Waals surface area contributed by atoms with E-state index in [1.54, 1.807) is 37.3 Å². The summed E-state index contributed by atoms with van der Waals surface area (Å²) in [5.41, 5.74) is 22.7. The van der Waals surface area contributed by atoms with Crippen LogP contribution in [0.4, 0.5) is 0 Å². The van der Waals surface area contributed by atoms with E-state index in [0.29, 0.717) is 24.8 Å². The fourth-order valence-electron chi connectivity index (χ4n) is 5.03. The lowest BCUT2D eigenvalue weighted by molar-refractivity contribution is -0.143. The summed E-state index contributed by atoms with van der Waals surface area (Å²) in [5.74, 6) is -7.79. The average Bonchev–Trinajstić information content (AvgIpc) is 3.12. The summed E-state index contributed by atoms with van der Waals surface area (Å²) >= 11 is 0. The number of carboxylic acids is 2. The van der Waals surface area contributed by atoms with Crippen molar-refractivity contribution in [3.8, 4) is 0 Å². The van der Waals surface area contributed by atoms with Gasteiger partial charge in [-0.1, -0.05) is 50.6 Å². The van der Waals surface area contributed by atoms with E-state index < -0.39 is 90.8 Å². The monoisotopic (exact) mass is 764 g/mol. The maximum Gasteiger partial charge on any atom is 0.326 e. The molecule has 16 N–H and O–H groups in total. The smallest absolute Gasteiger partial charge is 0.326 e. The highest BCUT2D eigenvalue weighted by atomic mass is 16.4. The number of amides is 5. The zero-order valence-electron chi connectivity index (χ0n) is 30.7. The van der Waals surface area contributed by atoms with Gasteiger partial charge in [0.1, 0.15) is 30.2 Å². The molecule has 0 aliphatic carbocycles. The van der Waals surface area contributed by atoms with Gasteiger partial charge < -0.3 is 64.8 Å². The van der Waals surface area contributed by atoms with Gasteiger partial charge in [-0.25, -0.2) is 4.79 Å². The van der Waals surface area contributed by atoms with Gasteiger partial charge in [0.15, 0.2) is 5.96 Å². The van der Waals surface area contributed by atoms with Gasteiger partial charge in [-0.05, 0) is 50.1 Å². The first-order valence-electron chi connectivity index (χ1n) is 17.7. The van der Waals surface area contributed by atoms with Gasteiger partial charge in [0.2, 0.25) is 29.5 Å². The topological polar surface area (TPSA) is 357 Å². The maximum absolute atomic E-state index is 13.8. The molecular weight excluding hydrogens is 708 g/mol. The maximum atomic E-state index is 13.8. The minimum atomic E-state index is -1.63. The second kappa shape index (κ2) is 24.8. The molecule has 0 aliphatic rings. The molecule has 0 heterocycles. The third-order valence-corrected chi connectivity index (χ3v) is 8.44. The normalized spacial score (nSPS) is 14.8. The molecule has 5 amide bonds. The Bertz CT molecular complexity index is 1430. The summed E-state index contributed by atoms with van der Waals surface area (Å²) in [6, 6.07) is 0.0600. The van der Waals surface area contributed by atoms with Crippen LogP contribution in [0.1, 0.15) is 64.4 Å². The molecule has 0 bridgehead atoms. The second-order valence-electron chi connectivity index (χ2n) is 12.8. The molecule has 0 radical (unpaired) electrons. The molecule has 7 atom stereocenters. The number of carbonyl (C=O) groups is 7. The van der Waals surface area contributed by atoms with Crippen LogP contribution in [-0.4, -0.2) is 119 Å². The Morgan fingerprint density at radius 1 is 0.722 bits per heavy atom. The number of carboxylic acid groups (broad SMARTS) is 2. The first-order chi connectivity index (χ1) is 25.5. The molecule has 0 saturated carbocycles. The molecule has 20 heteroatoms. The summed E-state index contributed by atoms with van der Waals surface area (Å²) in [5, 5.41) is 41.1. The zero-order chi connectivity index (χ0) is 40.8. The molecule has 1 aromatic rings. The highest BCUT2D eigenvalue weighted by Crippen LogP contribution is 2.10. The average molecular weight is 765 g/mol. The molecule has 0 aromatic heterocycles. The molecule has 0 aliphatic heterocycles. The van der Waals surface area contributed by atoms with Gasteiger partial charge in [0, 0.05) is 13.0 Å².